The van der Waals surface area contributed by atoms with Crippen molar-refractivity contribution < 1.29 is 13.6 Å². The molecule has 5 rings (SSSR count). The maximum Gasteiger partial charge on any atom is 0.298 e. The van der Waals surface area contributed by atoms with Crippen molar-refractivity contribution in [2.75, 3.05) is 23.3 Å². The molecule has 8 nitrogen and oxygen atoms in total. The fourth-order valence-electron chi connectivity index (χ4n) is 4.34. The Bertz CT molecular complexity index is 1220. The highest BCUT2D eigenvalue weighted by atomic mass is 28.4. The summed E-state index contributed by atoms with van der Waals surface area (Å²) in [6.45, 7) is 12.9. The molecule has 2 aliphatic rings. The number of fused-ring (bicyclic) bond motifs is 1. The van der Waals surface area contributed by atoms with Crippen molar-refractivity contribution in [3.8, 4) is 0 Å². The maximum absolute atomic E-state index is 13.0. The van der Waals surface area contributed by atoms with Gasteiger partial charge >= 0.3 is 0 Å². The smallest absolute Gasteiger partial charge is 0.298 e. The molecule has 182 valence electrons. The molecule has 34 heavy (non-hydrogen) atoms. The average Bonchev–Trinajstić information content (AvgIpc) is 3.12. The Morgan fingerprint density at radius 2 is 2.00 bits per heavy atom. The molecule has 1 saturated heterocycles. The molecule has 1 saturated carbocycles. The van der Waals surface area contributed by atoms with Crippen LogP contribution in [0.5, 0.6) is 0 Å². The Kier molecular flexibility index (Phi) is 5.59. The van der Waals surface area contributed by atoms with Crippen LogP contribution in [-0.4, -0.2) is 48.2 Å². The summed E-state index contributed by atoms with van der Waals surface area (Å²) in [6, 6.07) is 4.60. The summed E-state index contributed by atoms with van der Waals surface area (Å²) < 4.78 is 14.1. The molecular formula is C25H35N5O3Si. The number of hydrogen-bond donors (Lipinski definition) is 1. The molecule has 1 amide bonds. The van der Waals surface area contributed by atoms with E-state index in [4.69, 9.17) is 8.84 Å². The molecular weight excluding hydrogens is 446 g/mol. The minimum absolute atomic E-state index is 0.164. The van der Waals surface area contributed by atoms with E-state index in [2.05, 4.69) is 60.2 Å². The van der Waals surface area contributed by atoms with E-state index in [0.717, 1.165) is 54.5 Å². The monoisotopic (exact) mass is 481 g/mol. The van der Waals surface area contributed by atoms with Crippen molar-refractivity contribution >= 4 is 36.8 Å². The number of hydrogen-bond acceptors (Lipinski definition) is 6. The summed E-state index contributed by atoms with van der Waals surface area (Å²) in [5.41, 5.74) is 3.22. The lowest BCUT2D eigenvalue weighted by Gasteiger charge is -2.38. The fraction of sp³-hybridized carbons (Fsp3) is 0.560. The molecule has 0 radical (unpaired) electrons. The third-order valence-corrected chi connectivity index (χ3v) is 12.0. The summed E-state index contributed by atoms with van der Waals surface area (Å²) in [5, 5.41) is 8.77. The van der Waals surface area contributed by atoms with E-state index in [1.165, 1.54) is 6.26 Å². The van der Waals surface area contributed by atoms with Crippen molar-refractivity contribution in [1.82, 2.24) is 14.8 Å². The van der Waals surface area contributed by atoms with Crippen molar-refractivity contribution in [2.24, 2.45) is 7.05 Å². The number of rotatable bonds is 6. The third kappa shape index (κ3) is 4.51. The Hall–Kier alpha value is -2.65. The number of carbonyl (C=O) groups is 1. The lowest BCUT2D eigenvalue weighted by atomic mass is 10.1. The minimum Gasteiger partial charge on any atom is -0.431 e. The van der Waals surface area contributed by atoms with Gasteiger partial charge in [-0.15, -0.1) is 0 Å². The van der Waals surface area contributed by atoms with Crippen molar-refractivity contribution in [3.63, 3.8) is 0 Å². The zero-order valence-corrected chi connectivity index (χ0v) is 22.0. The largest absolute Gasteiger partial charge is 0.431 e. The summed E-state index contributed by atoms with van der Waals surface area (Å²) in [6.07, 6.45) is 6.80. The molecule has 3 aromatic rings. The van der Waals surface area contributed by atoms with Crippen LogP contribution >= 0.6 is 0 Å². The van der Waals surface area contributed by atoms with Gasteiger partial charge in [-0.1, -0.05) is 20.8 Å². The first-order valence-corrected chi connectivity index (χ1v) is 15.1. The molecule has 1 aromatic carbocycles. The van der Waals surface area contributed by atoms with Gasteiger partial charge in [0, 0.05) is 37.4 Å². The van der Waals surface area contributed by atoms with Gasteiger partial charge in [0.2, 0.25) is 0 Å². The van der Waals surface area contributed by atoms with Crippen LogP contribution in [0.3, 0.4) is 0 Å². The van der Waals surface area contributed by atoms with Gasteiger partial charge in [0.15, 0.2) is 14.0 Å². The van der Waals surface area contributed by atoms with Gasteiger partial charge < -0.3 is 19.1 Å². The molecule has 0 unspecified atom stereocenters. The van der Waals surface area contributed by atoms with E-state index in [-0.39, 0.29) is 22.7 Å². The van der Waals surface area contributed by atoms with Crippen LogP contribution in [0.25, 0.3) is 10.9 Å². The van der Waals surface area contributed by atoms with Gasteiger partial charge in [-0.25, -0.2) is 0 Å². The van der Waals surface area contributed by atoms with Gasteiger partial charge in [0.1, 0.15) is 6.26 Å². The van der Waals surface area contributed by atoms with Crippen LogP contribution in [0, 0.1) is 0 Å². The summed E-state index contributed by atoms with van der Waals surface area (Å²) in [4.78, 5) is 19.6. The van der Waals surface area contributed by atoms with E-state index in [9.17, 15) is 4.79 Å². The number of aromatic nitrogens is 3. The predicted octanol–water partition coefficient (Wildman–Crippen LogP) is 5.29. The average molecular weight is 482 g/mol. The Balaban J connectivity index is 1.27. The second-order valence-electron chi connectivity index (χ2n) is 11.3. The summed E-state index contributed by atoms with van der Waals surface area (Å²) in [7, 11) is 0.0769. The highest BCUT2D eigenvalue weighted by Gasteiger charge is 2.41. The van der Waals surface area contributed by atoms with Crippen molar-refractivity contribution in [1.29, 1.82) is 0 Å². The number of benzene rings is 1. The van der Waals surface area contributed by atoms with E-state index in [1.807, 2.05) is 19.3 Å². The van der Waals surface area contributed by atoms with Gasteiger partial charge in [-0.05, 0) is 61.0 Å². The standard InChI is InChI=1S/C25H35N5O3Si/c1-25(2,3)34(5,6)33-18-9-10-30(14-18)24-27-22(15-32-24)23(31)26-21-11-17-13-29(4)28-20(17)12-19(21)16-7-8-16/h11-13,15-16,18H,7-10,14H2,1-6H3,(H,26,31)/t18-/m0/s1. The molecule has 3 heterocycles. The zero-order valence-electron chi connectivity index (χ0n) is 21.0. The Morgan fingerprint density at radius 1 is 1.24 bits per heavy atom. The van der Waals surface area contributed by atoms with Crippen LogP contribution in [0.2, 0.25) is 18.1 Å². The lowest BCUT2D eigenvalue weighted by Crippen LogP contribution is -2.44. The molecule has 2 fully saturated rings. The van der Waals surface area contributed by atoms with Crippen LogP contribution in [0.15, 0.2) is 29.0 Å². The normalized spacial score (nSPS) is 19.2. The van der Waals surface area contributed by atoms with E-state index >= 15 is 0 Å². The third-order valence-electron chi connectivity index (χ3n) is 7.46. The number of nitrogens with one attached hydrogen (secondary N) is 1. The number of anilines is 2. The SMILES string of the molecule is Cn1cc2cc(NC(=O)c3coc(N4CC[C@H](O[Si](C)(C)C(C)(C)C)C4)n3)c(C3CC3)cc2n1. The molecule has 2 aromatic heterocycles. The zero-order chi connectivity index (χ0) is 24.3. The van der Waals surface area contributed by atoms with Gasteiger partial charge in [-0.3, -0.25) is 9.48 Å². The van der Waals surface area contributed by atoms with Crippen molar-refractivity contribution in [3.05, 3.63) is 35.9 Å². The maximum atomic E-state index is 13.0. The first kappa shape index (κ1) is 23.1. The van der Waals surface area contributed by atoms with Gasteiger partial charge in [0.25, 0.3) is 11.9 Å². The number of carbonyl (C=O) groups excluding carboxylic acids is 1. The number of aryl methyl sites for hydroxylation is 1. The molecule has 1 atom stereocenters. The van der Waals surface area contributed by atoms with Gasteiger partial charge in [-0.2, -0.15) is 10.1 Å². The quantitative estimate of drug-likeness (QED) is 0.482. The molecule has 1 aliphatic heterocycles. The number of nitrogens with zero attached hydrogens (tertiary/aromatic N) is 4. The van der Waals surface area contributed by atoms with Crippen LogP contribution in [-0.2, 0) is 11.5 Å². The molecule has 1 N–H and O–H groups in total. The lowest BCUT2D eigenvalue weighted by molar-refractivity contribution is 0.102. The molecule has 0 bridgehead atoms. The first-order chi connectivity index (χ1) is 16.0. The topological polar surface area (TPSA) is 85.4 Å². The molecule has 1 aliphatic carbocycles. The molecule has 9 heteroatoms. The highest BCUT2D eigenvalue weighted by molar-refractivity contribution is 6.74. The minimum atomic E-state index is -1.83. The second kappa shape index (κ2) is 8.23. The van der Waals surface area contributed by atoms with Crippen molar-refractivity contribution in [2.45, 2.75) is 70.2 Å². The first-order valence-electron chi connectivity index (χ1n) is 12.2. The van der Waals surface area contributed by atoms with Crippen LogP contribution < -0.4 is 10.2 Å². The number of oxazole rings is 1. The fourth-order valence-corrected chi connectivity index (χ4v) is 5.72. The second-order valence-corrected chi connectivity index (χ2v) is 16.0. The van der Waals surface area contributed by atoms with E-state index in [0.29, 0.717) is 11.9 Å². The number of amides is 1. The van der Waals surface area contributed by atoms with E-state index in [1.54, 1.807) is 4.68 Å². The Labute approximate surface area is 201 Å². The van der Waals surface area contributed by atoms with E-state index < -0.39 is 8.32 Å². The van der Waals surface area contributed by atoms with Gasteiger partial charge in [0.05, 0.1) is 11.6 Å². The summed E-state index contributed by atoms with van der Waals surface area (Å²) >= 11 is 0. The molecule has 0 spiro atoms. The highest BCUT2D eigenvalue weighted by Crippen LogP contribution is 2.45. The Morgan fingerprint density at radius 3 is 2.71 bits per heavy atom. The van der Waals surface area contributed by atoms with Crippen LogP contribution in [0.1, 0.15) is 62.0 Å². The predicted molar refractivity (Wildman–Crippen MR) is 136 cm³/mol. The van der Waals surface area contributed by atoms with Crippen LogP contribution in [0.4, 0.5) is 11.7 Å². The summed E-state index contributed by atoms with van der Waals surface area (Å²) in [5.74, 6) is 0.227.